The molecule has 2 aromatic heterocycles. The molecule has 176 valence electrons. The summed E-state index contributed by atoms with van der Waals surface area (Å²) >= 11 is 0. The Morgan fingerprint density at radius 1 is 1.15 bits per heavy atom. The summed E-state index contributed by atoms with van der Waals surface area (Å²) in [7, 11) is 1.95. The first kappa shape index (κ1) is 24.1. The number of unbranched alkanes of at least 4 members (excludes halogenated alkanes) is 1. The number of nitrogens with two attached hydrogens (primary N) is 3. The Labute approximate surface area is 192 Å². The summed E-state index contributed by atoms with van der Waals surface area (Å²) in [5.41, 5.74) is 20.4. The molecule has 0 spiro atoms. The van der Waals surface area contributed by atoms with Crippen molar-refractivity contribution < 1.29 is 9.53 Å². The highest BCUT2D eigenvalue weighted by Gasteiger charge is 2.10. The van der Waals surface area contributed by atoms with E-state index < -0.39 is 0 Å². The summed E-state index contributed by atoms with van der Waals surface area (Å²) in [6.07, 6.45) is 3.83. The highest BCUT2D eigenvalue weighted by atomic mass is 16.5. The Morgan fingerprint density at radius 3 is 2.82 bits per heavy atom. The second kappa shape index (κ2) is 11.9. The Kier molecular flexibility index (Phi) is 8.67. The summed E-state index contributed by atoms with van der Waals surface area (Å²) in [5, 5.41) is 2.93. The molecule has 0 saturated carbocycles. The van der Waals surface area contributed by atoms with Crippen LogP contribution in [-0.2, 0) is 22.6 Å². The number of hydrogen-bond donors (Lipinski definition) is 4. The predicted octanol–water partition coefficient (Wildman–Crippen LogP) is 0.982. The predicted molar refractivity (Wildman–Crippen MR) is 128 cm³/mol. The van der Waals surface area contributed by atoms with Gasteiger partial charge in [-0.05, 0) is 37.1 Å². The highest BCUT2D eigenvalue weighted by Crippen LogP contribution is 2.19. The van der Waals surface area contributed by atoms with Crippen LogP contribution >= 0.6 is 0 Å². The molecular formula is C22H31N9O2. The van der Waals surface area contributed by atoms with E-state index >= 15 is 0 Å². The molecule has 11 heteroatoms. The molecule has 0 unspecified atom stereocenters. The van der Waals surface area contributed by atoms with Gasteiger partial charge in [-0.2, -0.15) is 9.97 Å². The van der Waals surface area contributed by atoms with Gasteiger partial charge in [-0.15, -0.1) is 0 Å². The van der Waals surface area contributed by atoms with Crippen molar-refractivity contribution in [2.45, 2.75) is 32.4 Å². The molecule has 0 atom stereocenters. The molecule has 3 aromatic rings. The molecule has 0 bridgehead atoms. The average Bonchev–Trinajstić information content (AvgIpc) is 2.80. The van der Waals surface area contributed by atoms with Crippen molar-refractivity contribution in [1.82, 2.24) is 25.3 Å². The van der Waals surface area contributed by atoms with Crippen LogP contribution in [0.4, 0.5) is 17.5 Å². The number of rotatable bonds is 12. The average molecular weight is 454 g/mol. The fraction of sp³-hybridized carbons (Fsp3) is 0.409. The maximum atomic E-state index is 12.1. The molecule has 0 aliphatic heterocycles. The monoisotopic (exact) mass is 453 g/mol. The van der Waals surface area contributed by atoms with E-state index in [9.17, 15) is 4.79 Å². The molecule has 2 heterocycles. The largest absolute Gasteiger partial charge is 0.382 e. The van der Waals surface area contributed by atoms with Crippen LogP contribution in [0, 0.1) is 0 Å². The van der Waals surface area contributed by atoms with Gasteiger partial charge >= 0.3 is 0 Å². The number of anilines is 3. The second-order valence-corrected chi connectivity index (χ2v) is 7.66. The molecule has 0 aliphatic rings. The quantitative estimate of drug-likeness (QED) is 0.290. The fourth-order valence-corrected chi connectivity index (χ4v) is 3.20. The smallest absolute Gasteiger partial charge is 0.224 e. The lowest BCUT2D eigenvalue weighted by molar-refractivity contribution is -0.122. The van der Waals surface area contributed by atoms with Crippen LogP contribution < -0.4 is 27.4 Å². The number of nitrogens with zero attached hydrogens (tertiary/aromatic N) is 5. The van der Waals surface area contributed by atoms with E-state index in [1.165, 1.54) is 0 Å². The Bertz CT molecular complexity index is 1080. The van der Waals surface area contributed by atoms with Crippen molar-refractivity contribution >= 4 is 34.5 Å². The van der Waals surface area contributed by atoms with Crippen molar-refractivity contribution in [3.63, 3.8) is 0 Å². The second-order valence-electron chi connectivity index (χ2n) is 7.66. The molecule has 0 saturated heterocycles. The van der Waals surface area contributed by atoms with Crippen molar-refractivity contribution in [3.8, 4) is 0 Å². The van der Waals surface area contributed by atoms with Crippen LogP contribution in [0.25, 0.3) is 11.2 Å². The minimum absolute atomic E-state index is 0.0422. The van der Waals surface area contributed by atoms with Gasteiger partial charge in [0.25, 0.3) is 0 Å². The van der Waals surface area contributed by atoms with E-state index in [2.05, 4.69) is 25.3 Å². The van der Waals surface area contributed by atoms with Crippen LogP contribution in [0.15, 0.2) is 30.5 Å². The van der Waals surface area contributed by atoms with Gasteiger partial charge in [0.05, 0.1) is 25.0 Å². The van der Waals surface area contributed by atoms with E-state index in [1.54, 1.807) is 6.20 Å². The number of aromatic nitrogens is 4. The first-order chi connectivity index (χ1) is 16.0. The van der Waals surface area contributed by atoms with Gasteiger partial charge < -0.3 is 32.2 Å². The Morgan fingerprint density at radius 2 is 2.00 bits per heavy atom. The number of nitrogen functional groups attached to an aromatic ring is 2. The first-order valence-electron chi connectivity index (χ1n) is 10.9. The molecule has 0 aliphatic carbocycles. The number of nitrogens with one attached hydrogen (secondary N) is 1. The van der Waals surface area contributed by atoms with Crippen LogP contribution in [0.3, 0.4) is 0 Å². The molecule has 0 radical (unpaired) electrons. The Hall–Kier alpha value is -3.57. The van der Waals surface area contributed by atoms with Crippen molar-refractivity contribution in [2.24, 2.45) is 5.73 Å². The Balaban J connectivity index is 1.52. The molecular weight excluding hydrogens is 422 g/mol. The molecule has 3 rings (SSSR count). The lowest BCUT2D eigenvalue weighted by Gasteiger charge is -2.20. The molecule has 33 heavy (non-hydrogen) atoms. The third kappa shape index (κ3) is 7.22. The van der Waals surface area contributed by atoms with E-state index in [-0.39, 0.29) is 17.7 Å². The molecule has 0 fully saturated rings. The molecule has 1 aromatic carbocycles. The third-order valence-corrected chi connectivity index (χ3v) is 4.96. The van der Waals surface area contributed by atoms with Crippen LogP contribution in [0.2, 0.25) is 0 Å². The van der Waals surface area contributed by atoms with Gasteiger partial charge in [-0.25, -0.2) is 9.97 Å². The van der Waals surface area contributed by atoms with E-state index in [1.807, 2.05) is 36.2 Å². The van der Waals surface area contributed by atoms with Gasteiger partial charge in [0.15, 0.2) is 17.0 Å². The van der Waals surface area contributed by atoms with Gasteiger partial charge in [-0.1, -0.05) is 12.1 Å². The SMILES string of the molecule is CN(Cc1cnc2nc(N)nc(N)c2n1)c1cccc(CNC(=O)CCOCCCCN)c1. The van der Waals surface area contributed by atoms with Crippen LogP contribution in [-0.4, -0.2) is 52.6 Å². The van der Waals surface area contributed by atoms with Gasteiger partial charge in [0, 0.05) is 32.3 Å². The lowest BCUT2D eigenvalue weighted by Crippen LogP contribution is -2.24. The van der Waals surface area contributed by atoms with Crippen LogP contribution in [0.5, 0.6) is 0 Å². The van der Waals surface area contributed by atoms with Crippen molar-refractivity contribution in [2.75, 3.05) is 43.2 Å². The topological polar surface area (TPSA) is 171 Å². The lowest BCUT2D eigenvalue weighted by atomic mass is 10.2. The summed E-state index contributed by atoms with van der Waals surface area (Å²) in [6.45, 7) is 2.65. The number of amides is 1. The number of carbonyl (C=O) groups excluding carboxylic acids is 1. The number of carbonyl (C=O) groups is 1. The fourth-order valence-electron chi connectivity index (χ4n) is 3.20. The minimum atomic E-state index is -0.0422. The van der Waals surface area contributed by atoms with E-state index in [4.69, 9.17) is 21.9 Å². The minimum Gasteiger partial charge on any atom is -0.382 e. The number of fused-ring (bicyclic) bond motifs is 1. The van der Waals surface area contributed by atoms with Gasteiger partial charge in [0.1, 0.15) is 0 Å². The van der Waals surface area contributed by atoms with E-state index in [0.29, 0.717) is 50.4 Å². The zero-order chi connectivity index (χ0) is 23.6. The maximum absolute atomic E-state index is 12.1. The number of benzene rings is 1. The molecule has 1 amide bonds. The van der Waals surface area contributed by atoms with Crippen LogP contribution in [0.1, 0.15) is 30.5 Å². The van der Waals surface area contributed by atoms with Crippen molar-refractivity contribution in [1.29, 1.82) is 0 Å². The summed E-state index contributed by atoms with van der Waals surface area (Å²) in [4.78, 5) is 30.9. The van der Waals surface area contributed by atoms with Crippen molar-refractivity contribution in [3.05, 3.63) is 41.7 Å². The highest BCUT2D eigenvalue weighted by molar-refractivity contribution is 5.81. The first-order valence-corrected chi connectivity index (χ1v) is 10.9. The number of hydrogen-bond acceptors (Lipinski definition) is 10. The summed E-state index contributed by atoms with van der Waals surface area (Å²) in [6, 6.07) is 7.94. The molecule has 11 nitrogen and oxygen atoms in total. The normalized spacial score (nSPS) is 11.0. The maximum Gasteiger partial charge on any atom is 0.224 e. The van der Waals surface area contributed by atoms with Gasteiger partial charge in [-0.3, -0.25) is 4.79 Å². The van der Waals surface area contributed by atoms with Gasteiger partial charge in [0.2, 0.25) is 11.9 Å². The summed E-state index contributed by atoms with van der Waals surface area (Å²) < 4.78 is 5.45. The zero-order valence-electron chi connectivity index (χ0n) is 18.8. The molecule has 7 N–H and O–H groups in total. The standard InChI is InChI=1S/C22H31N9O2/c1-31(14-16-13-27-21-19(28-16)20(24)29-22(25)30-21)17-6-4-5-15(11-17)12-26-18(32)7-10-33-9-3-2-8-23/h4-6,11,13H,2-3,7-10,12,14,23H2,1H3,(H,26,32)(H4,24,25,27,29,30). The third-order valence-electron chi connectivity index (χ3n) is 4.96. The zero-order valence-corrected chi connectivity index (χ0v) is 18.8. The van der Waals surface area contributed by atoms with E-state index in [0.717, 1.165) is 29.8 Å². The number of ether oxygens (including phenoxy) is 1. The summed E-state index contributed by atoms with van der Waals surface area (Å²) in [5.74, 6) is 0.228.